The van der Waals surface area contributed by atoms with Gasteiger partial charge in [-0.15, -0.1) is 11.6 Å². The van der Waals surface area contributed by atoms with Crippen molar-refractivity contribution in [2.45, 2.75) is 12.8 Å². The summed E-state index contributed by atoms with van der Waals surface area (Å²) in [5, 5.41) is 8.69. The molecule has 1 amide bonds. The normalized spacial score (nSPS) is 10.4. The van der Waals surface area contributed by atoms with E-state index < -0.39 is 0 Å². The molecular formula is C10H14ClNO3. The van der Waals surface area contributed by atoms with E-state index in [0.717, 1.165) is 5.56 Å². The maximum Gasteiger partial charge on any atom is 0.289 e. The first kappa shape index (κ1) is 12.1. The number of hydrogen-bond acceptors (Lipinski definition) is 3. The summed E-state index contributed by atoms with van der Waals surface area (Å²) < 4.78 is 5.28. The number of nitrogens with zero attached hydrogens (tertiary/aromatic N) is 1. The monoisotopic (exact) mass is 231 g/mol. The van der Waals surface area contributed by atoms with Crippen LogP contribution in [0, 0.1) is 6.92 Å². The van der Waals surface area contributed by atoms with Gasteiger partial charge in [0, 0.05) is 19.2 Å². The molecule has 1 N–H and O–H groups in total. The fraction of sp³-hybridized carbons (Fsp3) is 0.500. The zero-order valence-corrected chi connectivity index (χ0v) is 9.54. The van der Waals surface area contributed by atoms with Gasteiger partial charge >= 0.3 is 0 Å². The lowest BCUT2D eigenvalue weighted by molar-refractivity contribution is 0.0734. The first-order valence-electron chi connectivity index (χ1n) is 4.61. The summed E-state index contributed by atoms with van der Waals surface area (Å²) in [6.45, 7) is 1.99. The highest BCUT2D eigenvalue weighted by molar-refractivity contribution is 6.17. The summed E-state index contributed by atoms with van der Waals surface area (Å²) in [5.74, 6) is 1.00. The van der Waals surface area contributed by atoms with Crippen LogP contribution in [0.3, 0.4) is 0 Å². The Morgan fingerprint density at radius 3 is 2.80 bits per heavy atom. The highest BCUT2D eigenvalue weighted by Gasteiger charge is 2.17. The molecule has 0 radical (unpaired) electrons. The fourth-order valence-corrected chi connectivity index (χ4v) is 1.46. The lowest BCUT2D eigenvalue weighted by atomic mass is 10.2. The molecule has 1 aromatic heterocycles. The summed E-state index contributed by atoms with van der Waals surface area (Å²) in [7, 11) is 1.61. The number of alkyl halides is 1. The van der Waals surface area contributed by atoms with Crippen molar-refractivity contribution in [3.63, 3.8) is 0 Å². The second-order valence-electron chi connectivity index (χ2n) is 3.28. The van der Waals surface area contributed by atoms with Crippen LogP contribution >= 0.6 is 11.6 Å². The van der Waals surface area contributed by atoms with Crippen LogP contribution in [0.1, 0.15) is 21.9 Å². The second kappa shape index (κ2) is 5.19. The van der Waals surface area contributed by atoms with Gasteiger partial charge in [0.1, 0.15) is 5.76 Å². The predicted octanol–water partition coefficient (Wildman–Crippen LogP) is 1.39. The highest BCUT2D eigenvalue weighted by Crippen LogP contribution is 2.17. The van der Waals surface area contributed by atoms with Crippen molar-refractivity contribution in [1.29, 1.82) is 0 Å². The van der Waals surface area contributed by atoms with E-state index in [4.69, 9.17) is 21.1 Å². The Morgan fingerprint density at radius 2 is 2.33 bits per heavy atom. The molecule has 5 heteroatoms. The number of amides is 1. The van der Waals surface area contributed by atoms with Crippen molar-refractivity contribution in [2.75, 3.05) is 20.2 Å². The molecule has 0 saturated heterocycles. The molecule has 0 fully saturated rings. The number of aliphatic hydroxyl groups excluding tert-OH is 1. The number of carbonyl (C=O) groups excluding carboxylic acids is 1. The van der Waals surface area contributed by atoms with Gasteiger partial charge in [0.15, 0.2) is 5.76 Å². The first-order valence-corrected chi connectivity index (χ1v) is 5.15. The molecule has 1 aromatic rings. The van der Waals surface area contributed by atoms with Gasteiger partial charge in [-0.1, -0.05) is 0 Å². The maximum atomic E-state index is 11.7. The van der Waals surface area contributed by atoms with E-state index in [2.05, 4.69) is 0 Å². The molecule has 0 saturated carbocycles. The summed E-state index contributed by atoms with van der Waals surface area (Å²) in [6, 6.07) is 1.64. The van der Waals surface area contributed by atoms with Gasteiger partial charge in [-0.25, -0.2) is 0 Å². The average Bonchev–Trinajstić information content (AvgIpc) is 2.59. The van der Waals surface area contributed by atoms with Crippen LogP contribution in [0.2, 0.25) is 0 Å². The van der Waals surface area contributed by atoms with Crippen LogP contribution < -0.4 is 0 Å². The molecule has 1 rings (SSSR count). The van der Waals surface area contributed by atoms with Gasteiger partial charge in [-0.2, -0.15) is 0 Å². The summed E-state index contributed by atoms with van der Waals surface area (Å²) in [4.78, 5) is 13.1. The largest absolute Gasteiger partial charge is 0.456 e. The molecule has 84 valence electrons. The molecule has 0 unspecified atom stereocenters. The van der Waals surface area contributed by atoms with E-state index in [0.29, 0.717) is 11.6 Å². The van der Waals surface area contributed by atoms with E-state index in [1.807, 2.05) is 0 Å². The Morgan fingerprint density at radius 1 is 1.67 bits per heavy atom. The Hall–Kier alpha value is -1.00. The molecular weight excluding hydrogens is 218 g/mol. The Balaban J connectivity index is 2.82. The third kappa shape index (κ3) is 2.73. The molecule has 0 atom stereocenters. The molecule has 0 aromatic carbocycles. The van der Waals surface area contributed by atoms with Crippen molar-refractivity contribution in [3.8, 4) is 0 Å². The number of rotatable bonds is 4. The Labute approximate surface area is 93.4 Å². The van der Waals surface area contributed by atoms with Crippen LogP contribution in [0.15, 0.2) is 10.5 Å². The molecule has 0 aliphatic rings. The van der Waals surface area contributed by atoms with E-state index in [1.165, 1.54) is 4.90 Å². The second-order valence-corrected chi connectivity index (χ2v) is 3.54. The van der Waals surface area contributed by atoms with Crippen molar-refractivity contribution in [3.05, 3.63) is 23.2 Å². The lowest BCUT2D eigenvalue weighted by Gasteiger charge is -2.13. The van der Waals surface area contributed by atoms with Crippen LogP contribution in [0.25, 0.3) is 0 Å². The van der Waals surface area contributed by atoms with E-state index in [1.54, 1.807) is 20.0 Å². The molecule has 0 spiro atoms. The number of likely N-dealkylation sites (N-methyl/N-ethyl adjacent to an activating group) is 1. The average molecular weight is 232 g/mol. The van der Waals surface area contributed by atoms with E-state index >= 15 is 0 Å². The highest BCUT2D eigenvalue weighted by atomic mass is 35.5. The predicted molar refractivity (Wildman–Crippen MR) is 57.0 cm³/mol. The molecule has 0 aliphatic carbocycles. The number of aryl methyl sites for hydroxylation is 1. The van der Waals surface area contributed by atoms with Crippen LogP contribution in [0.4, 0.5) is 0 Å². The Bertz CT molecular complexity index is 348. The van der Waals surface area contributed by atoms with E-state index in [9.17, 15) is 4.79 Å². The quantitative estimate of drug-likeness (QED) is 0.797. The van der Waals surface area contributed by atoms with Crippen molar-refractivity contribution in [1.82, 2.24) is 4.90 Å². The first-order chi connectivity index (χ1) is 7.10. The summed E-state index contributed by atoms with van der Waals surface area (Å²) in [5.41, 5.74) is 0.817. The fourth-order valence-electron chi connectivity index (χ4n) is 1.20. The van der Waals surface area contributed by atoms with E-state index in [-0.39, 0.29) is 24.8 Å². The minimum Gasteiger partial charge on any atom is -0.456 e. The van der Waals surface area contributed by atoms with Crippen molar-refractivity contribution >= 4 is 17.5 Å². The molecule has 1 heterocycles. The van der Waals surface area contributed by atoms with Gasteiger partial charge in [0.25, 0.3) is 5.91 Å². The third-order valence-corrected chi connectivity index (χ3v) is 2.45. The number of hydrogen-bond donors (Lipinski definition) is 1. The topological polar surface area (TPSA) is 53.7 Å². The van der Waals surface area contributed by atoms with Gasteiger partial charge in [0.2, 0.25) is 0 Å². The minimum absolute atomic E-state index is 0.0652. The van der Waals surface area contributed by atoms with Gasteiger partial charge < -0.3 is 14.4 Å². The minimum atomic E-state index is -0.247. The zero-order chi connectivity index (χ0) is 11.4. The van der Waals surface area contributed by atoms with Crippen LogP contribution in [0.5, 0.6) is 0 Å². The van der Waals surface area contributed by atoms with Crippen molar-refractivity contribution < 1.29 is 14.3 Å². The third-order valence-electron chi connectivity index (χ3n) is 2.16. The molecule has 0 aliphatic heterocycles. The van der Waals surface area contributed by atoms with Crippen LogP contribution in [-0.4, -0.2) is 36.1 Å². The standard InChI is InChI=1S/C10H14ClNO3/c1-7-8(6-11)5-9(15-7)10(14)12(2)3-4-13/h5,13H,3-4,6H2,1-2H3. The van der Waals surface area contributed by atoms with Crippen molar-refractivity contribution in [2.24, 2.45) is 0 Å². The number of aliphatic hydroxyl groups is 1. The van der Waals surface area contributed by atoms with Gasteiger partial charge in [-0.05, 0) is 13.0 Å². The van der Waals surface area contributed by atoms with Gasteiger partial charge in [-0.3, -0.25) is 4.79 Å². The zero-order valence-electron chi connectivity index (χ0n) is 8.79. The maximum absolute atomic E-state index is 11.7. The summed E-state index contributed by atoms with van der Waals surface area (Å²) in [6.07, 6.45) is 0. The number of halogens is 1. The molecule has 15 heavy (non-hydrogen) atoms. The SMILES string of the molecule is Cc1oc(C(=O)N(C)CCO)cc1CCl. The molecule has 0 bridgehead atoms. The number of furan rings is 1. The van der Waals surface area contributed by atoms with Gasteiger partial charge in [0.05, 0.1) is 12.5 Å². The number of carbonyl (C=O) groups is 1. The lowest BCUT2D eigenvalue weighted by Crippen LogP contribution is -2.29. The smallest absolute Gasteiger partial charge is 0.289 e. The summed E-state index contributed by atoms with van der Waals surface area (Å²) >= 11 is 5.67. The van der Waals surface area contributed by atoms with Crippen LogP contribution in [-0.2, 0) is 5.88 Å². The molecule has 4 nitrogen and oxygen atoms in total. The Kier molecular flexibility index (Phi) is 4.17.